The fraction of sp³-hybridized carbons (Fsp3) is 0. The van der Waals surface area contributed by atoms with Crippen molar-refractivity contribution in [2.75, 3.05) is 0 Å². The van der Waals surface area contributed by atoms with Gasteiger partial charge in [0.25, 0.3) is 0 Å². The Balaban J connectivity index is 2.71. The lowest BCUT2D eigenvalue weighted by atomic mass is 10.00. The van der Waals surface area contributed by atoms with E-state index in [0.717, 1.165) is 12.1 Å². The summed E-state index contributed by atoms with van der Waals surface area (Å²) in [5.41, 5.74) is -2.74. The van der Waals surface area contributed by atoms with Crippen LogP contribution in [0.5, 0.6) is 5.75 Å². The van der Waals surface area contributed by atoms with Crippen LogP contribution in [-0.4, -0.2) is 10.8 Å². The summed E-state index contributed by atoms with van der Waals surface area (Å²) in [6.07, 6.45) is 0. The zero-order valence-corrected chi connectivity index (χ0v) is 9.65. The van der Waals surface area contributed by atoms with E-state index >= 15 is 0 Å². The number of hydrogen-bond acceptors (Lipinski definition) is 2. The fourth-order valence-electron chi connectivity index (χ4n) is 1.64. The van der Waals surface area contributed by atoms with Crippen molar-refractivity contribution in [3.05, 3.63) is 64.5 Å². The number of aromatic hydroxyl groups is 1. The highest BCUT2D eigenvalue weighted by Crippen LogP contribution is 2.27. The van der Waals surface area contributed by atoms with E-state index in [9.17, 15) is 27.1 Å². The first-order valence-electron chi connectivity index (χ1n) is 5.25. The van der Waals surface area contributed by atoms with Crippen molar-refractivity contribution >= 4 is 5.71 Å². The van der Waals surface area contributed by atoms with Crippen molar-refractivity contribution in [1.29, 1.82) is 5.41 Å². The second-order valence-electron chi connectivity index (χ2n) is 3.84. The fourth-order valence-corrected chi connectivity index (χ4v) is 1.64. The summed E-state index contributed by atoms with van der Waals surface area (Å²) in [4.78, 5) is 0. The predicted octanol–water partition coefficient (Wildman–Crippen LogP) is 3.50. The molecular formula is C13H6F5NO. The summed E-state index contributed by atoms with van der Waals surface area (Å²) in [7, 11) is 0. The van der Waals surface area contributed by atoms with E-state index in [2.05, 4.69) is 0 Å². The Kier molecular flexibility index (Phi) is 3.44. The molecule has 0 saturated heterocycles. The van der Waals surface area contributed by atoms with Crippen LogP contribution in [0.15, 0.2) is 24.3 Å². The van der Waals surface area contributed by atoms with Crippen LogP contribution in [0.3, 0.4) is 0 Å². The van der Waals surface area contributed by atoms with E-state index in [1.165, 1.54) is 12.1 Å². The molecule has 0 saturated carbocycles. The molecule has 2 rings (SSSR count). The predicted molar refractivity (Wildman–Crippen MR) is 60.3 cm³/mol. The van der Waals surface area contributed by atoms with Crippen LogP contribution in [-0.2, 0) is 0 Å². The summed E-state index contributed by atoms with van der Waals surface area (Å²) >= 11 is 0. The highest BCUT2D eigenvalue weighted by Gasteiger charge is 2.29. The molecule has 104 valence electrons. The van der Waals surface area contributed by atoms with Gasteiger partial charge in [0.05, 0.1) is 11.3 Å². The van der Waals surface area contributed by atoms with Gasteiger partial charge in [0.2, 0.25) is 5.82 Å². The molecule has 0 radical (unpaired) electrons. The van der Waals surface area contributed by atoms with Crippen LogP contribution in [0.1, 0.15) is 11.1 Å². The first-order chi connectivity index (χ1) is 9.36. The van der Waals surface area contributed by atoms with Gasteiger partial charge in [-0.2, -0.15) is 0 Å². The number of rotatable bonds is 2. The normalized spacial score (nSPS) is 10.7. The van der Waals surface area contributed by atoms with Crippen LogP contribution < -0.4 is 0 Å². The molecule has 0 spiro atoms. The van der Waals surface area contributed by atoms with Crippen molar-refractivity contribution in [1.82, 2.24) is 0 Å². The lowest BCUT2D eigenvalue weighted by molar-refractivity contribution is 0.377. The van der Waals surface area contributed by atoms with Crippen LogP contribution in [0.2, 0.25) is 0 Å². The second-order valence-corrected chi connectivity index (χ2v) is 3.84. The van der Waals surface area contributed by atoms with Gasteiger partial charge in [-0.1, -0.05) is 12.1 Å². The standard InChI is InChI=1S/C13H6F5NO/c14-8-7(9(15)11(17)12(18)10(8)16)13(19)5-3-1-2-4-6(5)20/h1-4,19-20H. The second kappa shape index (κ2) is 4.92. The van der Waals surface area contributed by atoms with E-state index in [-0.39, 0.29) is 5.56 Å². The lowest BCUT2D eigenvalue weighted by Gasteiger charge is -2.10. The molecule has 20 heavy (non-hydrogen) atoms. The molecule has 0 fully saturated rings. The number of hydrogen-bond donors (Lipinski definition) is 2. The molecule has 0 bridgehead atoms. The molecule has 0 aliphatic heterocycles. The Morgan fingerprint density at radius 3 is 1.75 bits per heavy atom. The maximum Gasteiger partial charge on any atom is 0.200 e. The third-order valence-corrected chi connectivity index (χ3v) is 2.63. The average molecular weight is 287 g/mol. The van der Waals surface area contributed by atoms with Crippen molar-refractivity contribution in [3.63, 3.8) is 0 Å². The van der Waals surface area contributed by atoms with Gasteiger partial charge in [0, 0.05) is 5.56 Å². The van der Waals surface area contributed by atoms with Crippen LogP contribution in [0.4, 0.5) is 22.0 Å². The minimum atomic E-state index is -2.30. The van der Waals surface area contributed by atoms with Gasteiger partial charge in [0.1, 0.15) is 5.75 Å². The smallest absolute Gasteiger partial charge is 0.200 e. The first-order valence-corrected chi connectivity index (χ1v) is 5.25. The monoisotopic (exact) mass is 287 g/mol. The Hall–Kier alpha value is -2.44. The quantitative estimate of drug-likeness (QED) is 0.377. The Labute approximate surface area is 109 Å². The molecule has 0 unspecified atom stereocenters. The van der Waals surface area contributed by atoms with Crippen LogP contribution >= 0.6 is 0 Å². The maximum atomic E-state index is 13.5. The molecule has 0 aliphatic carbocycles. The Morgan fingerprint density at radius 1 is 0.800 bits per heavy atom. The summed E-state index contributed by atoms with van der Waals surface area (Å²) in [5.74, 6) is -11.3. The largest absolute Gasteiger partial charge is 0.507 e. The number of phenolic OH excluding ortho intramolecular Hbond substituents is 1. The van der Waals surface area contributed by atoms with Crippen molar-refractivity contribution < 1.29 is 27.1 Å². The number of nitrogens with one attached hydrogen (secondary N) is 1. The zero-order valence-electron chi connectivity index (χ0n) is 9.65. The third-order valence-electron chi connectivity index (χ3n) is 2.63. The van der Waals surface area contributed by atoms with E-state index in [0.29, 0.717) is 0 Å². The molecule has 0 amide bonds. The SMILES string of the molecule is N=C(c1ccccc1O)c1c(F)c(F)c(F)c(F)c1F. The molecule has 0 heterocycles. The third kappa shape index (κ3) is 2.01. The molecule has 2 nitrogen and oxygen atoms in total. The van der Waals surface area contributed by atoms with E-state index < -0.39 is 46.1 Å². The summed E-state index contributed by atoms with van der Waals surface area (Å²) in [6.45, 7) is 0. The first kappa shape index (κ1) is 14.0. The average Bonchev–Trinajstić information content (AvgIpc) is 2.43. The number of benzene rings is 2. The molecule has 2 aromatic carbocycles. The van der Waals surface area contributed by atoms with Crippen molar-refractivity contribution in [2.45, 2.75) is 0 Å². The van der Waals surface area contributed by atoms with Gasteiger partial charge in [-0.15, -0.1) is 0 Å². The van der Waals surface area contributed by atoms with Crippen molar-refractivity contribution in [3.8, 4) is 5.75 Å². The molecule has 0 atom stereocenters. The lowest BCUT2D eigenvalue weighted by Crippen LogP contribution is -2.13. The molecule has 2 N–H and O–H groups in total. The van der Waals surface area contributed by atoms with E-state index in [1.807, 2.05) is 0 Å². The summed E-state index contributed by atoms with van der Waals surface area (Å²) in [5, 5.41) is 17.0. The minimum Gasteiger partial charge on any atom is -0.507 e. The zero-order chi connectivity index (χ0) is 15.0. The number of halogens is 5. The Bertz CT molecular complexity index is 685. The van der Waals surface area contributed by atoms with Crippen molar-refractivity contribution in [2.24, 2.45) is 0 Å². The Morgan fingerprint density at radius 2 is 1.25 bits per heavy atom. The van der Waals surface area contributed by atoms with Gasteiger partial charge in [-0.05, 0) is 12.1 Å². The van der Waals surface area contributed by atoms with Crippen LogP contribution in [0, 0.1) is 34.5 Å². The topological polar surface area (TPSA) is 44.1 Å². The number of para-hydroxylation sites is 1. The molecule has 0 aromatic heterocycles. The maximum absolute atomic E-state index is 13.5. The van der Waals surface area contributed by atoms with Gasteiger partial charge >= 0.3 is 0 Å². The van der Waals surface area contributed by atoms with Gasteiger partial charge in [-0.25, -0.2) is 22.0 Å². The van der Waals surface area contributed by atoms with Gasteiger partial charge in [0.15, 0.2) is 23.3 Å². The highest BCUT2D eigenvalue weighted by atomic mass is 19.2. The number of phenols is 1. The molecular weight excluding hydrogens is 281 g/mol. The van der Waals surface area contributed by atoms with Gasteiger partial charge in [-0.3, -0.25) is 5.41 Å². The highest BCUT2D eigenvalue weighted by molar-refractivity contribution is 6.12. The summed E-state index contributed by atoms with van der Waals surface area (Å²) < 4.78 is 66.1. The van der Waals surface area contributed by atoms with E-state index in [4.69, 9.17) is 5.41 Å². The molecule has 2 aromatic rings. The van der Waals surface area contributed by atoms with Crippen LogP contribution in [0.25, 0.3) is 0 Å². The van der Waals surface area contributed by atoms with E-state index in [1.54, 1.807) is 0 Å². The molecule has 0 aliphatic rings. The molecule has 7 heteroatoms. The summed E-state index contributed by atoms with van der Waals surface area (Å²) in [6, 6.07) is 4.96. The van der Waals surface area contributed by atoms with Gasteiger partial charge < -0.3 is 5.11 Å². The minimum absolute atomic E-state index is 0.351.